The SMILES string of the molecule is CCOC(=O)COc1cccc(NC(=O)CCOc2ccccc2-c2ccccc2)c1. The van der Waals surface area contributed by atoms with Gasteiger partial charge < -0.3 is 19.5 Å². The Labute approximate surface area is 181 Å². The molecule has 3 aromatic carbocycles. The molecule has 0 aliphatic carbocycles. The third-order valence-corrected chi connectivity index (χ3v) is 4.34. The number of benzene rings is 3. The summed E-state index contributed by atoms with van der Waals surface area (Å²) < 4.78 is 16.1. The molecule has 0 radical (unpaired) electrons. The average molecular weight is 419 g/mol. The highest BCUT2D eigenvalue weighted by molar-refractivity contribution is 5.91. The Balaban J connectivity index is 1.50. The summed E-state index contributed by atoms with van der Waals surface area (Å²) >= 11 is 0. The van der Waals surface area contributed by atoms with E-state index in [1.807, 2.05) is 54.6 Å². The van der Waals surface area contributed by atoms with Gasteiger partial charge in [0.2, 0.25) is 5.91 Å². The van der Waals surface area contributed by atoms with E-state index in [0.717, 1.165) is 16.9 Å². The molecular formula is C25H25NO5. The van der Waals surface area contributed by atoms with Crippen LogP contribution in [0.1, 0.15) is 13.3 Å². The number of carbonyl (C=O) groups is 2. The summed E-state index contributed by atoms with van der Waals surface area (Å²) in [5, 5.41) is 2.81. The van der Waals surface area contributed by atoms with E-state index < -0.39 is 5.97 Å². The summed E-state index contributed by atoms with van der Waals surface area (Å²) in [6.45, 7) is 2.10. The van der Waals surface area contributed by atoms with Crippen LogP contribution in [0.3, 0.4) is 0 Å². The molecule has 3 rings (SSSR count). The number of esters is 1. The Morgan fingerprint density at radius 1 is 0.871 bits per heavy atom. The van der Waals surface area contributed by atoms with Crippen LogP contribution in [-0.2, 0) is 14.3 Å². The van der Waals surface area contributed by atoms with Crippen molar-refractivity contribution in [2.45, 2.75) is 13.3 Å². The van der Waals surface area contributed by atoms with Gasteiger partial charge in [0, 0.05) is 17.3 Å². The van der Waals surface area contributed by atoms with Gasteiger partial charge in [-0.15, -0.1) is 0 Å². The fourth-order valence-corrected chi connectivity index (χ4v) is 2.93. The molecule has 0 aromatic heterocycles. The minimum atomic E-state index is -0.440. The summed E-state index contributed by atoms with van der Waals surface area (Å²) in [5.74, 6) is 0.583. The van der Waals surface area contributed by atoms with Crippen molar-refractivity contribution in [3.8, 4) is 22.6 Å². The highest BCUT2D eigenvalue weighted by Gasteiger charge is 2.09. The minimum absolute atomic E-state index is 0.181. The zero-order valence-corrected chi connectivity index (χ0v) is 17.4. The fraction of sp³-hybridized carbons (Fsp3) is 0.200. The van der Waals surface area contributed by atoms with Gasteiger partial charge in [-0.05, 0) is 30.7 Å². The lowest BCUT2D eigenvalue weighted by Crippen LogP contribution is -2.16. The molecule has 0 fully saturated rings. The van der Waals surface area contributed by atoms with Gasteiger partial charge in [0.25, 0.3) is 0 Å². The van der Waals surface area contributed by atoms with E-state index >= 15 is 0 Å². The fourth-order valence-electron chi connectivity index (χ4n) is 2.93. The van der Waals surface area contributed by atoms with Crippen LogP contribution in [0.25, 0.3) is 11.1 Å². The Morgan fingerprint density at radius 2 is 1.65 bits per heavy atom. The molecule has 0 aliphatic heterocycles. The van der Waals surface area contributed by atoms with Crippen LogP contribution in [0, 0.1) is 0 Å². The smallest absolute Gasteiger partial charge is 0.344 e. The van der Waals surface area contributed by atoms with Gasteiger partial charge in [-0.25, -0.2) is 4.79 Å². The first-order chi connectivity index (χ1) is 15.2. The zero-order chi connectivity index (χ0) is 21.9. The Kier molecular flexibility index (Phi) is 8.05. The highest BCUT2D eigenvalue weighted by atomic mass is 16.6. The largest absolute Gasteiger partial charge is 0.492 e. The molecular weight excluding hydrogens is 394 g/mol. The minimum Gasteiger partial charge on any atom is -0.492 e. The number of rotatable bonds is 10. The van der Waals surface area contributed by atoms with Crippen LogP contribution in [0.2, 0.25) is 0 Å². The lowest BCUT2D eigenvalue weighted by Gasteiger charge is -2.12. The molecule has 0 bridgehead atoms. The second kappa shape index (κ2) is 11.4. The Bertz CT molecular complexity index is 1000. The number of hydrogen-bond acceptors (Lipinski definition) is 5. The number of hydrogen-bond donors (Lipinski definition) is 1. The van der Waals surface area contributed by atoms with Gasteiger partial charge in [0.05, 0.1) is 19.6 Å². The first-order valence-electron chi connectivity index (χ1n) is 10.1. The predicted octanol–water partition coefficient (Wildman–Crippen LogP) is 4.70. The lowest BCUT2D eigenvalue weighted by molar-refractivity contribution is -0.145. The van der Waals surface area contributed by atoms with Gasteiger partial charge in [-0.2, -0.15) is 0 Å². The Morgan fingerprint density at radius 3 is 2.45 bits per heavy atom. The van der Waals surface area contributed by atoms with Gasteiger partial charge in [0.15, 0.2) is 6.61 Å². The molecule has 6 heteroatoms. The molecule has 0 unspecified atom stereocenters. The van der Waals surface area contributed by atoms with E-state index in [9.17, 15) is 9.59 Å². The van der Waals surface area contributed by atoms with Gasteiger partial charge >= 0.3 is 5.97 Å². The second-order valence-corrected chi connectivity index (χ2v) is 6.63. The first kappa shape index (κ1) is 21.9. The molecule has 3 aromatic rings. The molecule has 0 heterocycles. The van der Waals surface area contributed by atoms with Crippen molar-refractivity contribution >= 4 is 17.6 Å². The number of anilines is 1. The van der Waals surface area contributed by atoms with Crippen molar-refractivity contribution in [3.63, 3.8) is 0 Å². The van der Waals surface area contributed by atoms with Crippen molar-refractivity contribution in [3.05, 3.63) is 78.9 Å². The molecule has 0 saturated carbocycles. The monoisotopic (exact) mass is 419 g/mol. The Hall–Kier alpha value is -3.80. The van der Waals surface area contributed by atoms with Crippen molar-refractivity contribution in [2.75, 3.05) is 25.1 Å². The summed E-state index contributed by atoms with van der Waals surface area (Å²) in [7, 11) is 0. The molecule has 0 spiro atoms. The third-order valence-electron chi connectivity index (χ3n) is 4.34. The number of nitrogens with one attached hydrogen (secondary N) is 1. The van der Waals surface area contributed by atoms with Crippen LogP contribution < -0.4 is 14.8 Å². The number of ether oxygens (including phenoxy) is 3. The lowest BCUT2D eigenvalue weighted by atomic mass is 10.1. The molecule has 160 valence electrons. The maximum atomic E-state index is 12.3. The van der Waals surface area contributed by atoms with Crippen LogP contribution in [0.4, 0.5) is 5.69 Å². The summed E-state index contributed by atoms with van der Waals surface area (Å²) in [6.07, 6.45) is 0.192. The van der Waals surface area contributed by atoms with Crippen molar-refractivity contribution in [1.29, 1.82) is 0 Å². The van der Waals surface area contributed by atoms with Crippen molar-refractivity contribution in [2.24, 2.45) is 0 Å². The summed E-state index contributed by atoms with van der Waals surface area (Å²) in [4.78, 5) is 23.7. The van der Waals surface area contributed by atoms with Crippen molar-refractivity contribution in [1.82, 2.24) is 0 Å². The van der Waals surface area contributed by atoms with E-state index in [1.54, 1.807) is 31.2 Å². The highest BCUT2D eigenvalue weighted by Crippen LogP contribution is 2.29. The van der Waals surface area contributed by atoms with E-state index in [1.165, 1.54) is 0 Å². The van der Waals surface area contributed by atoms with E-state index in [2.05, 4.69) is 5.32 Å². The molecule has 1 amide bonds. The molecule has 0 saturated heterocycles. The molecule has 0 aliphatic rings. The predicted molar refractivity (Wildman–Crippen MR) is 119 cm³/mol. The standard InChI is InChI=1S/C25H25NO5/c1-2-29-25(28)18-31-21-12-8-11-20(17-21)26-24(27)15-16-30-23-14-7-6-13-22(23)19-9-4-3-5-10-19/h3-14,17H,2,15-16,18H2,1H3,(H,26,27). The van der Waals surface area contributed by atoms with E-state index in [4.69, 9.17) is 14.2 Å². The van der Waals surface area contributed by atoms with Crippen LogP contribution in [-0.4, -0.2) is 31.7 Å². The van der Waals surface area contributed by atoms with E-state index in [-0.39, 0.29) is 25.5 Å². The van der Waals surface area contributed by atoms with Crippen LogP contribution in [0.5, 0.6) is 11.5 Å². The van der Waals surface area contributed by atoms with Crippen LogP contribution >= 0.6 is 0 Å². The van der Waals surface area contributed by atoms with Crippen molar-refractivity contribution < 1.29 is 23.8 Å². The van der Waals surface area contributed by atoms with Gasteiger partial charge in [0.1, 0.15) is 11.5 Å². The van der Waals surface area contributed by atoms with Gasteiger partial charge in [-0.1, -0.05) is 54.6 Å². The average Bonchev–Trinajstić information content (AvgIpc) is 2.79. The number of carbonyl (C=O) groups excluding carboxylic acids is 2. The number of amides is 1. The molecule has 31 heavy (non-hydrogen) atoms. The maximum Gasteiger partial charge on any atom is 0.344 e. The topological polar surface area (TPSA) is 73.9 Å². The third kappa shape index (κ3) is 6.89. The van der Waals surface area contributed by atoms with Gasteiger partial charge in [-0.3, -0.25) is 4.79 Å². The molecule has 6 nitrogen and oxygen atoms in total. The summed E-state index contributed by atoms with van der Waals surface area (Å²) in [5.41, 5.74) is 2.62. The maximum absolute atomic E-state index is 12.3. The molecule has 1 N–H and O–H groups in total. The normalized spacial score (nSPS) is 10.2. The zero-order valence-electron chi connectivity index (χ0n) is 17.4. The quantitative estimate of drug-likeness (QED) is 0.482. The second-order valence-electron chi connectivity index (χ2n) is 6.63. The summed E-state index contributed by atoms with van der Waals surface area (Å²) in [6, 6.07) is 24.6. The number of para-hydroxylation sites is 1. The van der Waals surface area contributed by atoms with Crippen LogP contribution in [0.15, 0.2) is 78.9 Å². The first-order valence-corrected chi connectivity index (χ1v) is 10.1. The molecule has 0 atom stereocenters. The van der Waals surface area contributed by atoms with E-state index in [0.29, 0.717) is 18.0 Å².